The van der Waals surface area contributed by atoms with E-state index in [4.69, 9.17) is 28.9 Å². The fraction of sp³-hybridized carbons (Fsp3) is 0.148. The molecule has 402 valence electrons. The first kappa shape index (κ1) is 53.0. The van der Waals surface area contributed by atoms with E-state index in [0.717, 1.165) is 62.3 Å². The SMILES string of the molecule is COC(=O)c1ccc2[nH]c(C)nc2c1OC.COc1c(-c2nnc(Nc3ccccc3)o2)ccc2[nH]c(C)nc12.COc1c(C(=O)NN)ccc2[nH]c(C)nc12.Cc1nc2c(O)c(-c3nnc(Nc4ccccc4)o3)ccc2[nH]1. The van der Waals surface area contributed by atoms with E-state index in [1.807, 2.05) is 107 Å². The number of phenols is 1. The molecule has 25 heteroatoms. The van der Waals surface area contributed by atoms with E-state index in [1.54, 1.807) is 37.4 Å². The lowest BCUT2D eigenvalue weighted by atomic mass is 10.1. The van der Waals surface area contributed by atoms with Crippen LogP contribution in [0.1, 0.15) is 44.0 Å². The molecule has 0 radical (unpaired) electrons. The largest absolute Gasteiger partial charge is 0.505 e. The number of esters is 1. The zero-order chi connectivity index (χ0) is 55.7. The van der Waals surface area contributed by atoms with E-state index in [2.05, 4.69) is 81.1 Å². The zero-order valence-corrected chi connectivity index (χ0v) is 43.8. The minimum atomic E-state index is -0.431. The maximum atomic E-state index is 11.5. The van der Waals surface area contributed by atoms with Crippen molar-refractivity contribution in [3.8, 4) is 45.9 Å². The van der Waals surface area contributed by atoms with Crippen LogP contribution in [0.5, 0.6) is 23.0 Å². The molecular weight excluding hydrogens is 1020 g/mol. The number of fused-ring (bicyclic) bond motifs is 4. The monoisotopic (exact) mass is 1070 g/mol. The van der Waals surface area contributed by atoms with Crippen molar-refractivity contribution in [2.24, 2.45) is 5.84 Å². The van der Waals surface area contributed by atoms with Crippen molar-refractivity contribution >= 4 is 79.4 Å². The van der Waals surface area contributed by atoms with Gasteiger partial charge in [0.1, 0.15) is 50.9 Å². The number of nitrogens with one attached hydrogen (secondary N) is 7. The Morgan fingerprint density at radius 1 is 0.494 bits per heavy atom. The van der Waals surface area contributed by atoms with Crippen molar-refractivity contribution in [3.63, 3.8) is 0 Å². The van der Waals surface area contributed by atoms with Crippen LogP contribution in [-0.2, 0) is 4.74 Å². The van der Waals surface area contributed by atoms with Gasteiger partial charge in [-0.3, -0.25) is 10.2 Å². The van der Waals surface area contributed by atoms with E-state index in [-0.39, 0.29) is 17.7 Å². The minimum absolute atomic E-state index is 0.0155. The quantitative estimate of drug-likeness (QED) is 0.0252. The summed E-state index contributed by atoms with van der Waals surface area (Å²) in [6.07, 6.45) is 0. The highest BCUT2D eigenvalue weighted by molar-refractivity contribution is 6.02. The Labute approximate surface area is 448 Å². The number of anilines is 4. The number of amides is 1. The Hall–Kier alpha value is -10.8. The first-order valence-corrected chi connectivity index (χ1v) is 24.0. The molecule has 0 unspecified atom stereocenters. The number of aryl methyl sites for hydroxylation is 4. The van der Waals surface area contributed by atoms with Gasteiger partial charge in [-0.25, -0.2) is 30.6 Å². The number of carbonyl (C=O) groups is 2. The maximum Gasteiger partial charge on any atom is 0.341 e. The maximum absolute atomic E-state index is 11.5. The Kier molecular flexibility index (Phi) is 15.7. The van der Waals surface area contributed by atoms with E-state index in [9.17, 15) is 14.7 Å². The molecule has 0 aliphatic heterocycles. The van der Waals surface area contributed by atoms with Gasteiger partial charge in [-0.1, -0.05) is 46.6 Å². The second-order valence-corrected chi connectivity index (χ2v) is 17.0. The Bertz CT molecular complexity index is 3990. The predicted molar refractivity (Wildman–Crippen MR) is 294 cm³/mol. The normalized spacial score (nSPS) is 10.7. The van der Waals surface area contributed by atoms with E-state index in [0.29, 0.717) is 68.0 Å². The third-order valence-corrected chi connectivity index (χ3v) is 11.7. The average Bonchev–Trinajstić information content (AvgIpc) is 4.40. The molecule has 0 spiro atoms. The summed E-state index contributed by atoms with van der Waals surface area (Å²) in [5.74, 6) is 9.41. The van der Waals surface area contributed by atoms with Gasteiger partial charge in [0.05, 0.1) is 67.2 Å². The number of imidazole rings is 4. The van der Waals surface area contributed by atoms with Gasteiger partial charge in [0.25, 0.3) is 17.7 Å². The molecule has 79 heavy (non-hydrogen) atoms. The first-order valence-electron chi connectivity index (χ1n) is 24.0. The number of aromatic hydroxyl groups is 1. The van der Waals surface area contributed by atoms with Gasteiger partial charge in [-0.2, -0.15) is 0 Å². The van der Waals surface area contributed by atoms with Crippen LogP contribution in [-0.4, -0.2) is 106 Å². The van der Waals surface area contributed by atoms with Crippen LogP contribution < -0.4 is 36.1 Å². The number of ether oxygens (including phenoxy) is 4. The van der Waals surface area contributed by atoms with Crippen LogP contribution in [0.15, 0.2) is 118 Å². The number of H-pyrrole nitrogens is 4. The number of nitrogens with two attached hydrogens (primary N) is 1. The first-order chi connectivity index (χ1) is 38.3. The lowest BCUT2D eigenvalue weighted by Crippen LogP contribution is -2.30. The number of methoxy groups -OCH3 is 4. The summed E-state index contributed by atoms with van der Waals surface area (Å²) in [6.45, 7) is 7.40. The van der Waals surface area contributed by atoms with Crippen molar-refractivity contribution < 1.29 is 42.5 Å². The molecular formula is C54H52N16O9. The Balaban J connectivity index is 0.000000130. The fourth-order valence-corrected chi connectivity index (χ4v) is 8.25. The minimum Gasteiger partial charge on any atom is -0.505 e. The predicted octanol–water partition coefficient (Wildman–Crippen LogP) is 9.19. The number of aromatic amines is 4. The molecule has 10 N–H and O–H groups in total. The highest BCUT2D eigenvalue weighted by Crippen LogP contribution is 2.37. The van der Waals surface area contributed by atoms with Gasteiger partial charge in [-0.05, 0) is 100 Å². The van der Waals surface area contributed by atoms with Crippen LogP contribution in [0.25, 0.3) is 67.0 Å². The van der Waals surface area contributed by atoms with Crippen LogP contribution >= 0.6 is 0 Å². The number of carbonyl (C=O) groups excluding carboxylic acids is 2. The lowest BCUT2D eigenvalue weighted by Gasteiger charge is -2.07. The highest BCUT2D eigenvalue weighted by atomic mass is 16.5. The van der Waals surface area contributed by atoms with Crippen LogP contribution in [0.4, 0.5) is 23.4 Å². The van der Waals surface area contributed by atoms with Crippen LogP contribution in [0.3, 0.4) is 0 Å². The van der Waals surface area contributed by atoms with E-state index in [1.165, 1.54) is 21.3 Å². The van der Waals surface area contributed by atoms with Crippen molar-refractivity contribution in [3.05, 3.63) is 144 Å². The summed E-state index contributed by atoms with van der Waals surface area (Å²) in [4.78, 5) is 52.6. The summed E-state index contributed by atoms with van der Waals surface area (Å²) in [5.41, 5.74) is 11.5. The topological polar surface area (TPSA) is 346 Å². The van der Waals surface area contributed by atoms with Crippen LogP contribution in [0.2, 0.25) is 0 Å². The molecule has 0 aliphatic carbocycles. The lowest BCUT2D eigenvalue weighted by molar-refractivity contribution is 0.0597. The number of nitrogen functional groups attached to an aromatic ring is 1. The molecule has 12 aromatic rings. The molecule has 6 aromatic heterocycles. The van der Waals surface area contributed by atoms with Gasteiger partial charge in [0.2, 0.25) is 0 Å². The number of hydrogen-bond acceptors (Lipinski definition) is 20. The summed E-state index contributed by atoms with van der Waals surface area (Å²) < 4.78 is 31.9. The molecule has 0 aliphatic rings. The number of para-hydroxylation sites is 2. The van der Waals surface area contributed by atoms with Crippen molar-refractivity contribution in [1.82, 2.24) is 65.7 Å². The van der Waals surface area contributed by atoms with Crippen molar-refractivity contribution in [2.75, 3.05) is 39.1 Å². The van der Waals surface area contributed by atoms with Crippen molar-refractivity contribution in [1.29, 1.82) is 0 Å². The van der Waals surface area contributed by atoms with E-state index < -0.39 is 11.9 Å². The average molecular weight is 1070 g/mol. The number of hydrazine groups is 1. The molecule has 1 amide bonds. The molecule has 0 saturated carbocycles. The molecule has 6 aromatic carbocycles. The van der Waals surface area contributed by atoms with E-state index >= 15 is 0 Å². The van der Waals surface area contributed by atoms with Gasteiger partial charge >= 0.3 is 18.0 Å². The van der Waals surface area contributed by atoms with Gasteiger partial charge in [0.15, 0.2) is 23.0 Å². The number of phenolic OH excluding ortho intramolecular Hbond substituents is 1. The number of hydrogen-bond donors (Lipinski definition) is 9. The summed E-state index contributed by atoms with van der Waals surface area (Å²) >= 11 is 0. The van der Waals surface area contributed by atoms with Gasteiger partial charge in [0, 0.05) is 11.4 Å². The second-order valence-electron chi connectivity index (χ2n) is 17.0. The smallest absolute Gasteiger partial charge is 0.341 e. The molecule has 0 bridgehead atoms. The third kappa shape index (κ3) is 11.6. The number of aromatic nitrogens is 12. The molecule has 12 rings (SSSR count). The molecule has 0 saturated heterocycles. The van der Waals surface area contributed by atoms with Crippen molar-refractivity contribution in [2.45, 2.75) is 27.7 Å². The standard InChI is InChI=1S/C17H15N5O2.C16H13N5O2.C11H12N2O3.C10H12N4O2/c1-10-18-13-9-8-12(15(23-2)14(13)19-10)16-21-22-17(24-16)20-11-6-4-3-5-7-11;1-9-17-12-8-7-11(14(22)13(12)18-9)15-20-21-16(23-15)19-10-5-3-2-4-6-10;1-6-12-8-5-4-7(11(14)16-3)10(15-2)9(8)13-6;1-5-12-7-4-3-6(10(15)14-11)9(16-2)8(7)13-5/h3-9H,1-2H3,(H,18,19)(H,20,22);2-8,22H,1H3,(H,17,18)(H,19,21);4-5H,1-3H3,(H,12,13);3-4H,11H2,1-2H3,(H,12,13)(H,14,15). The van der Waals surface area contributed by atoms with Gasteiger partial charge < -0.3 is 63.5 Å². The zero-order valence-electron chi connectivity index (χ0n) is 43.8. The number of benzene rings is 6. The molecule has 0 fully saturated rings. The number of nitrogens with zero attached hydrogens (tertiary/aromatic N) is 8. The second kappa shape index (κ2) is 23.4. The van der Waals surface area contributed by atoms with Crippen LogP contribution in [0, 0.1) is 27.7 Å². The highest BCUT2D eigenvalue weighted by Gasteiger charge is 2.21. The Morgan fingerprint density at radius 2 is 0.886 bits per heavy atom. The summed E-state index contributed by atoms with van der Waals surface area (Å²) in [7, 11) is 5.93. The molecule has 25 nitrogen and oxygen atoms in total. The third-order valence-electron chi connectivity index (χ3n) is 11.7. The fourth-order valence-electron chi connectivity index (χ4n) is 8.25. The molecule has 6 heterocycles. The van der Waals surface area contributed by atoms with Gasteiger partial charge in [-0.15, -0.1) is 10.2 Å². The summed E-state index contributed by atoms with van der Waals surface area (Å²) in [6, 6.07) is 33.9. The Morgan fingerprint density at radius 3 is 1.34 bits per heavy atom. The molecule has 0 atom stereocenters. The summed E-state index contributed by atoms with van der Waals surface area (Å²) in [5, 5.41) is 32.5. The number of rotatable bonds is 11.